The summed E-state index contributed by atoms with van der Waals surface area (Å²) in [5, 5.41) is 6.35. The number of carbonyl (C=O) groups is 2. The molecule has 1 saturated carbocycles. The number of Topliss-reactive ketones (excluding diaryl/α,β-unsaturated/α-hetero) is 1. The highest BCUT2D eigenvalue weighted by atomic mass is 16.7. The van der Waals surface area contributed by atoms with Crippen LogP contribution < -0.4 is 0 Å². The summed E-state index contributed by atoms with van der Waals surface area (Å²) in [6.45, 7) is 5.09. The van der Waals surface area contributed by atoms with E-state index in [0.717, 1.165) is 48.5 Å². The number of hydrogen-bond donors (Lipinski definition) is 0. The molecule has 3 aromatic rings. The Hall–Kier alpha value is -2.95. The van der Waals surface area contributed by atoms with E-state index in [1.165, 1.54) is 37.6 Å². The van der Waals surface area contributed by atoms with Gasteiger partial charge in [-0.3, -0.25) is 4.79 Å². The number of carbonyl (C=O) groups excluding carboxylic acids is 2. The first kappa shape index (κ1) is 25.2. The van der Waals surface area contributed by atoms with Crippen LogP contribution in [0.15, 0.2) is 47.6 Å². The Bertz CT molecular complexity index is 1200. The summed E-state index contributed by atoms with van der Waals surface area (Å²) in [5.41, 5.74) is 3.24. The molecule has 4 rings (SSSR count). The number of benzene rings is 2. The lowest BCUT2D eigenvalue weighted by molar-refractivity contribution is -0.143. The third-order valence-electron chi connectivity index (χ3n) is 7.37. The smallest absolute Gasteiger partial charge is 0.335 e. The number of nitrogens with zero attached hydrogens (tertiary/aromatic N) is 2. The van der Waals surface area contributed by atoms with Crippen molar-refractivity contribution in [2.45, 2.75) is 91.0 Å². The maximum Gasteiger partial charge on any atom is 0.335 e. The standard InChI is InChI=1S/C30H38N2O3/c1-3-5-7-16-29(33)35-31-26(19-17-22-12-8-6-9-13-22)30(34)23-18-20-28-25(21-23)24-14-10-11-15-27(24)32(28)4-2/h10-11,14-15,18,20-22H,3-9,12-13,16-17,19H2,1-2H3. The molecule has 1 aliphatic carbocycles. The first-order valence-corrected chi connectivity index (χ1v) is 13.4. The van der Waals surface area contributed by atoms with Crippen molar-refractivity contribution >= 4 is 39.3 Å². The molecule has 1 aromatic heterocycles. The molecule has 5 nitrogen and oxygen atoms in total. The number of fused-ring (bicyclic) bond motifs is 3. The Labute approximate surface area is 208 Å². The maximum absolute atomic E-state index is 13.6. The van der Waals surface area contributed by atoms with E-state index in [9.17, 15) is 9.59 Å². The molecule has 5 heteroatoms. The number of aromatic nitrogens is 1. The molecule has 0 N–H and O–H groups in total. The Balaban J connectivity index is 1.59. The van der Waals surface area contributed by atoms with Crippen molar-refractivity contribution in [3.05, 3.63) is 48.0 Å². The van der Waals surface area contributed by atoms with Gasteiger partial charge in [0.25, 0.3) is 0 Å². The van der Waals surface area contributed by atoms with Crippen LogP contribution in [-0.2, 0) is 16.2 Å². The van der Waals surface area contributed by atoms with Crippen LogP contribution in [0.4, 0.5) is 0 Å². The van der Waals surface area contributed by atoms with E-state index in [4.69, 9.17) is 4.84 Å². The van der Waals surface area contributed by atoms with E-state index >= 15 is 0 Å². The minimum absolute atomic E-state index is 0.141. The topological polar surface area (TPSA) is 60.7 Å². The van der Waals surface area contributed by atoms with Crippen LogP contribution in [0, 0.1) is 5.92 Å². The number of hydrogen-bond acceptors (Lipinski definition) is 4. The van der Waals surface area contributed by atoms with Gasteiger partial charge in [0.1, 0.15) is 5.71 Å². The van der Waals surface area contributed by atoms with Gasteiger partial charge in [0.05, 0.1) is 0 Å². The second-order valence-electron chi connectivity index (χ2n) is 9.82. The van der Waals surface area contributed by atoms with Crippen LogP contribution in [-0.4, -0.2) is 22.0 Å². The summed E-state index contributed by atoms with van der Waals surface area (Å²) >= 11 is 0. The first-order chi connectivity index (χ1) is 17.1. The lowest BCUT2D eigenvalue weighted by Crippen LogP contribution is -2.18. The van der Waals surface area contributed by atoms with Crippen molar-refractivity contribution in [2.24, 2.45) is 11.1 Å². The van der Waals surface area contributed by atoms with Crippen LogP contribution in [0.25, 0.3) is 21.8 Å². The monoisotopic (exact) mass is 474 g/mol. The number of rotatable bonds is 11. The number of aryl methyl sites for hydroxylation is 1. The van der Waals surface area contributed by atoms with Gasteiger partial charge in [-0.15, -0.1) is 0 Å². The highest BCUT2D eigenvalue weighted by molar-refractivity contribution is 6.46. The van der Waals surface area contributed by atoms with Crippen LogP contribution >= 0.6 is 0 Å². The maximum atomic E-state index is 13.6. The van der Waals surface area contributed by atoms with Gasteiger partial charge < -0.3 is 9.40 Å². The normalized spacial score (nSPS) is 15.1. The number of para-hydroxylation sites is 1. The van der Waals surface area contributed by atoms with Crippen molar-refractivity contribution in [3.8, 4) is 0 Å². The molecule has 0 bridgehead atoms. The molecule has 186 valence electrons. The lowest BCUT2D eigenvalue weighted by Gasteiger charge is -2.21. The highest BCUT2D eigenvalue weighted by Crippen LogP contribution is 2.31. The van der Waals surface area contributed by atoms with Crippen LogP contribution in [0.1, 0.15) is 94.8 Å². The van der Waals surface area contributed by atoms with Crippen LogP contribution in [0.5, 0.6) is 0 Å². The van der Waals surface area contributed by atoms with Gasteiger partial charge >= 0.3 is 5.97 Å². The fourth-order valence-electron chi connectivity index (χ4n) is 5.39. The predicted octanol–water partition coefficient (Wildman–Crippen LogP) is 7.84. The molecule has 1 aliphatic rings. The molecule has 0 unspecified atom stereocenters. The molecule has 35 heavy (non-hydrogen) atoms. The van der Waals surface area contributed by atoms with E-state index in [1.54, 1.807) is 0 Å². The highest BCUT2D eigenvalue weighted by Gasteiger charge is 2.21. The summed E-state index contributed by atoms with van der Waals surface area (Å²) in [6.07, 6.45) is 10.8. The summed E-state index contributed by atoms with van der Waals surface area (Å²) in [5.74, 6) is 0.118. The second kappa shape index (κ2) is 12.1. The lowest BCUT2D eigenvalue weighted by atomic mass is 9.85. The molecular weight excluding hydrogens is 436 g/mol. The average molecular weight is 475 g/mol. The zero-order chi connectivity index (χ0) is 24.6. The molecule has 2 aromatic carbocycles. The first-order valence-electron chi connectivity index (χ1n) is 13.4. The van der Waals surface area contributed by atoms with E-state index in [1.807, 2.05) is 30.3 Å². The third-order valence-corrected chi connectivity index (χ3v) is 7.37. The molecule has 0 atom stereocenters. The molecule has 0 amide bonds. The Morgan fingerprint density at radius 1 is 0.943 bits per heavy atom. The summed E-state index contributed by atoms with van der Waals surface area (Å²) in [6, 6.07) is 14.2. The molecule has 0 radical (unpaired) electrons. The van der Waals surface area contributed by atoms with Crippen molar-refractivity contribution in [2.75, 3.05) is 0 Å². The van der Waals surface area contributed by atoms with E-state index < -0.39 is 0 Å². The number of oxime groups is 1. The second-order valence-corrected chi connectivity index (χ2v) is 9.82. The van der Waals surface area contributed by atoms with E-state index in [2.05, 4.69) is 35.7 Å². The zero-order valence-electron chi connectivity index (χ0n) is 21.2. The van der Waals surface area contributed by atoms with Gasteiger partial charge in [-0.05, 0) is 56.4 Å². The SMILES string of the molecule is CCCCCC(=O)ON=C(CCC1CCCCC1)C(=O)c1ccc2c(c1)c1ccccc1n2CC. The Kier molecular flexibility index (Phi) is 8.73. The van der Waals surface area contributed by atoms with Gasteiger partial charge in [-0.25, -0.2) is 4.79 Å². The predicted molar refractivity (Wildman–Crippen MR) is 143 cm³/mol. The Morgan fingerprint density at radius 3 is 2.49 bits per heavy atom. The van der Waals surface area contributed by atoms with Gasteiger partial charge in [0.2, 0.25) is 5.78 Å². The summed E-state index contributed by atoms with van der Waals surface area (Å²) in [7, 11) is 0. The minimum atomic E-state index is -0.358. The van der Waals surface area contributed by atoms with Gasteiger partial charge in [0.15, 0.2) is 0 Å². The van der Waals surface area contributed by atoms with Crippen molar-refractivity contribution in [3.63, 3.8) is 0 Å². The van der Waals surface area contributed by atoms with Crippen molar-refractivity contribution < 1.29 is 14.4 Å². The van der Waals surface area contributed by atoms with Crippen LogP contribution in [0.2, 0.25) is 0 Å². The van der Waals surface area contributed by atoms with Crippen LogP contribution in [0.3, 0.4) is 0 Å². The number of unbranched alkanes of at least 4 members (excludes halogenated alkanes) is 2. The quantitative estimate of drug-likeness (QED) is 0.0935. The Morgan fingerprint density at radius 2 is 1.71 bits per heavy atom. The number of ketones is 1. The summed E-state index contributed by atoms with van der Waals surface area (Å²) in [4.78, 5) is 31.1. The largest absolute Gasteiger partial charge is 0.341 e. The van der Waals surface area contributed by atoms with E-state index in [0.29, 0.717) is 30.0 Å². The van der Waals surface area contributed by atoms with E-state index in [-0.39, 0.29) is 11.8 Å². The van der Waals surface area contributed by atoms with Gasteiger partial charge in [-0.1, -0.05) is 75.2 Å². The van der Waals surface area contributed by atoms with Gasteiger partial charge in [0, 0.05) is 40.3 Å². The molecule has 0 spiro atoms. The molecule has 1 fully saturated rings. The zero-order valence-corrected chi connectivity index (χ0v) is 21.2. The third kappa shape index (κ3) is 6.01. The molecular formula is C30H38N2O3. The fraction of sp³-hybridized carbons (Fsp3) is 0.500. The molecule has 0 aliphatic heterocycles. The van der Waals surface area contributed by atoms with Crippen molar-refractivity contribution in [1.29, 1.82) is 0 Å². The fourth-order valence-corrected chi connectivity index (χ4v) is 5.39. The average Bonchev–Trinajstić information content (AvgIpc) is 3.22. The molecule has 0 saturated heterocycles. The minimum Gasteiger partial charge on any atom is -0.341 e. The summed E-state index contributed by atoms with van der Waals surface area (Å²) < 4.78 is 2.27. The van der Waals surface area contributed by atoms with Crippen molar-refractivity contribution in [1.82, 2.24) is 4.57 Å². The van der Waals surface area contributed by atoms with Gasteiger partial charge in [-0.2, -0.15) is 0 Å². The molecule has 1 heterocycles.